The van der Waals surface area contributed by atoms with Crippen molar-refractivity contribution in [1.29, 1.82) is 0 Å². The van der Waals surface area contributed by atoms with Gasteiger partial charge in [0.25, 0.3) is 0 Å². The van der Waals surface area contributed by atoms with Crippen LogP contribution in [0.1, 0.15) is 42.7 Å². The van der Waals surface area contributed by atoms with E-state index in [9.17, 15) is 9.90 Å². The van der Waals surface area contributed by atoms with E-state index in [-0.39, 0.29) is 0 Å². The third-order valence-corrected chi connectivity index (χ3v) is 4.17. The van der Waals surface area contributed by atoms with Crippen LogP contribution < -0.4 is 10.1 Å². The van der Waals surface area contributed by atoms with E-state index in [0.717, 1.165) is 28.1 Å². The lowest BCUT2D eigenvalue weighted by atomic mass is 10.0. The molecule has 0 spiro atoms. The maximum absolute atomic E-state index is 11.4. The molecule has 1 aromatic heterocycles. The zero-order valence-corrected chi connectivity index (χ0v) is 16.0. The number of ether oxygens (including phenoxy) is 1. The molecule has 0 amide bonds. The predicted molar refractivity (Wildman–Crippen MR) is 102 cm³/mol. The topological polar surface area (TPSA) is 71.5 Å². The highest BCUT2D eigenvalue weighted by molar-refractivity contribution is 5.73. The third-order valence-electron chi connectivity index (χ3n) is 4.17. The molecule has 0 fully saturated rings. The fourth-order valence-corrected chi connectivity index (χ4v) is 2.98. The first-order valence-corrected chi connectivity index (χ1v) is 8.95. The molecule has 5 nitrogen and oxygen atoms in total. The van der Waals surface area contributed by atoms with Crippen molar-refractivity contribution >= 4 is 5.97 Å². The number of aromatic nitrogens is 1. The van der Waals surface area contributed by atoms with Gasteiger partial charge in [0.15, 0.2) is 0 Å². The number of nitrogens with zero attached hydrogens (tertiary/aromatic N) is 1. The normalized spacial score (nSPS) is 12.2. The van der Waals surface area contributed by atoms with Gasteiger partial charge in [-0.15, -0.1) is 0 Å². The van der Waals surface area contributed by atoms with Crippen LogP contribution in [0.5, 0.6) is 5.75 Å². The number of carboxylic acids is 1. The van der Waals surface area contributed by atoms with Crippen molar-refractivity contribution in [1.82, 2.24) is 10.3 Å². The Morgan fingerprint density at radius 3 is 2.46 bits per heavy atom. The van der Waals surface area contributed by atoms with E-state index in [2.05, 4.69) is 10.3 Å². The Hall–Kier alpha value is -2.40. The summed E-state index contributed by atoms with van der Waals surface area (Å²) in [6, 6.07) is 9.31. The molecule has 140 valence electrons. The summed E-state index contributed by atoms with van der Waals surface area (Å²) in [6.07, 6.45) is 2.36. The Kier molecular flexibility index (Phi) is 7.16. The van der Waals surface area contributed by atoms with Crippen molar-refractivity contribution in [3.63, 3.8) is 0 Å². The Morgan fingerprint density at radius 1 is 1.23 bits per heavy atom. The van der Waals surface area contributed by atoms with Crippen LogP contribution in [0.4, 0.5) is 0 Å². The highest BCUT2D eigenvalue weighted by Gasteiger charge is 2.18. The van der Waals surface area contributed by atoms with Gasteiger partial charge in [-0.2, -0.15) is 0 Å². The summed E-state index contributed by atoms with van der Waals surface area (Å²) in [5.41, 5.74) is 4.01. The number of carbonyl (C=O) groups is 1. The number of hydrogen-bond acceptors (Lipinski definition) is 4. The third kappa shape index (κ3) is 5.85. The second-order valence-electron chi connectivity index (χ2n) is 7.07. The first-order valence-electron chi connectivity index (χ1n) is 8.95. The van der Waals surface area contributed by atoms with Crippen LogP contribution in [0.3, 0.4) is 0 Å². The van der Waals surface area contributed by atoms with E-state index in [1.165, 1.54) is 0 Å². The van der Waals surface area contributed by atoms with Gasteiger partial charge < -0.3 is 15.2 Å². The SMILES string of the molecule is Cc1cc(CN[C@@H](CC(C)C)C(=O)O)cc(C)c1OCc1ccccn1. The van der Waals surface area contributed by atoms with Crippen LogP contribution in [-0.2, 0) is 17.9 Å². The molecule has 2 aromatic rings. The summed E-state index contributed by atoms with van der Waals surface area (Å²) in [4.78, 5) is 15.6. The van der Waals surface area contributed by atoms with Gasteiger partial charge in [-0.3, -0.25) is 9.78 Å². The molecule has 1 heterocycles. The molecular weight excluding hydrogens is 328 g/mol. The summed E-state index contributed by atoms with van der Waals surface area (Å²) < 4.78 is 5.95. The molecule has 0 aliphatic heterocycles. The summed E-state index contributed by atoms with van der Waals surface area (Å²) in [6.45, 7) is 9.01. The van der Waals surface area contributed by atoms with E-state index in [0.29, 0.717) is 25.5 Å². The molecule has 0 unspecified atom stereocenters. The summed E-state index contributed by atoms with van der Waals surface area (Å²) in [7, 11) is 0. The molecule has 1 atom stereocenters. The van der Waals surface area contributed by atoms with Gasteiger partial charge in [0, 0.05) is 12.7 Å². The van der Waals surface area contributed by atoms with Gasteiger partial charge in [0.2, 0.25) is 0 Å². The van der Waals surface area contributed by atoms with Crippen LogP contribution in [0.2, 0.25) is 0 Å². The lowest BCUT2D eigenvalue weighted by Gasteiger charge is -2.18. The molecule has 2 N–H and O–H groups in total. The number of benzene rings is 1. The number of hydrogen-bond donors (Lipinski definition) is 2. The molecule has 0 saturated carbocycles. The lowest BCUT2D eigenvalue weighted by molar-refractivity contribution is -0.140. The van der Waals surface area contributed by atoms with E-state index in [4.69, 9.17) is 4.74 Å². The average molecular weight is 356 g/mol. The van der Waals surface area contributed by atoms with Crippen molar-refractivity contribution in [2.24, 2.45) is 5.92 Å². The highest BCUT2D eigenvalue weighted by atomic mass is 16.5. The minimum absolute atomic E-state index is 0.328. The van der Waals surface area contributed by atoms with Gasteiger partial charge in [-0.05, 0) is 55.0 Å². The molecule has 2 rings (SSSR count). The largest absolute Gasteiger partial charge is 0.487 e. The molecular formula is C21H28N2O3. The molecule has 1 aromatic carbocycles. The van der Waals surface area contributed by atoms with Crippen LogP contribution in [0, 0.1) is 19.8 Å². The summed E-state index contributed by atoms with van der Waals surface area (Å²) >= 11 is 0. The minimum Gasteiger partial charge on any atom is -0.487 e. The number of carboxylic acid groups (broad SMARTS) is 1. The molecule has 0 radical (unpaired) electrons. The van der Waals surface area contributed by atoms with Crippen molar-refractivity contribution in [3.05, 3.63) is 58.9 Å². The Morgan fingerprint density at radius 2 is 1.92 bits per heavy atom. The summed E-state index contributed by atoms with van der Waals surface area (Å²) in [5, 5.41) is 12.5. The number of rotatable bonds is 9. The maximum atomic E-state index is 11.4. The Bertz CT molecular complexity index is 706. The number of aryl methyl sites for hydroxylation is 2. The number of nitrogens with one attached hydrogen (secondary N) is 1. The van der Waals surface area contributed by atoms with Crippen molar-refractivity contribution in [2.75, 3.05) is 0 Å². The molecule has 0 bridgehead atoms. The second kappa shape index (κ2) is 9.34. The predicted octanol–water partition coefficient (Wildman–Crippen LogP) is 3.87. The van der Waals surface area contributed by atoms with Crippen LogP contribution in [-0.4, -0.2) is 22.1 Å². The fourth-order valence-electron chi connectivity index (χ4n) is 2.98. The minimum atomic E-state index is -0.803. The quantitative estimate of drug-likeness (QED) is 0.714. The molecule has 0 aliphatic rings. The van der Waals surface area contributed by atoms with Crippen LogP contribution >= 0.6 is 0 Å². The Labute approximate surface area is 155 Å². The van der Waals surface area contributed by atoms with Gasteiger partial charge in [0.05, 0.1) is 5.69 Å². The van der Waals surface area contributed by atoms with Gasteiger partial charge in [0.1, 0.15) is 18.4 Å². The standard InChI is InChI=1S/C21H28N2O3/c1-14(2)9-19(21(24)25)23-12-17-10-15(3)20(16(4)11-17)26-13-18-7-5-6-8-22-18/h5-8,10-11,14,19,23H,9,12-13H2,1-4H3,(H,24,25)/t19-/m0/s1. The maximum Gasteiger partial charge on any atom is 0.320 e. The molecule has 0 saturated heterocycles. The zero-order chi connectivity index (χ0) is 19.1. The second-order valence-corrected chi connectivity index (χ2v) is 7.07. The van der Waals surface area contributed by atoms with E-state index in [1.54, 1.807) is 6.20 Å². The van der Waals surface area contributed by atoms with Crippen molar-refractivity contribution in [2.45, 2.75) is 53.3 Å². The smallest absolute Gasteiger partial charge is 0.320 e. The highest BCUT2D eigenvalue weighted by Crippen LogP contribution is 2.25. The monoisotopic (exact) mass is 356 g/mol. The first kappa shape index (κ1) is 19.9. The first-order chi connectivity index (χ1) is 12.4. The van der Waals surface area contributed by atoms with Crippen LogP contribution in [0.25, 0.3) is 0 Å². The van der Waals surface area contributed by atoms with E-state index < -0.39 is 12.0 Å². The Balaban J connectivity index is 2.02. The van der Waals surface area contributed by atoms with Crippen molar-refractivity contribution < 1.29 is 14.6 Å². The van der Waals surface area contributed by atoms with E-state index >= 15 is 0 Å². The lowest BCUT2D eigenvalue weighted by Crippen LogP contribution is -2.37. The zero-order valence-electron chi connectivity index (χ0n) is 16.0. The average Bonchev–Trinajstić information content (AvgIpc) is 2.58. The number of pyridine rings is 1. The van der Waals surface area contributed by atoms with Crippen LogP contribution in [0.15, 0.2) is 36.5 Å². The number of aliphatic carboxylic acids is 1. The molecule has 26 heavy (non-hydrogen) atoms. The van der Waals surface area contributed by atoms with Gasteiger partial charge in [-0.25, -0.2) is 0 Å². The fraction of sp³-hybridized carbons (Fsp3) is 0.429. The van der Waals surface area contributed by atoms with Gasteiger partial charge >= 0.3 is 5.97 Å². The molecule has 0 aliphatic carbocycles. The van der Waals surface area contributed by atoms with Crippen molar-refractivity contribution in [3.8, 4) is 5.75 Å². The van der Waals surface area contributed by atoms with Gasteiger partial charge in [-0.1, -0.05) is 32.0 Å². The summed E-state index contributed by atoms with van der Waals surface area (Å²) in [5.74, 6) is 0.383. The van der Waals surface area contributed by atoms with E-state index in [1.807, 2.05) is 58.0 Å². The molecule has 5 heteroatoms.